The van der Waals surface area contributed by atoms with E-state index in [4.69, 9.17) is 14.2 Å². The monoisotopic (exact) mass is 265 g/mol. The van der Waals surface area contributed by atoms with Crippen molar-refractivity contribution in [1.29, 1.82) is 0 Å². The lowest BCUT2D eigenvalue weighted by molar-refractivity contribution is -0.385. The van der Waals surface area contributed by atoms with E-state index in [2.05, 4.69) is 0 Å². The average molecular weight is 265 g/mol. The lowest BCUT2D eigenvalue weighted by Crippen LogP contribution is -2.27. The number of nitro groups is 1. The van der Waals surface area contributed by atoms with Gasteiger partial charge in [-0.15, -0.1) is 0 Å². The molecule has 6 heteroatoms. The van der Waals surface area contributed by atoms with Crippen molar-refractivity contribution in [2.75, 3.05) is 14.2 Å². The molecule has 0 spiro atoms. The molecule has 0 saturated carbocycles. The summed E-state index contributed by atoms with van der Waals surface area (Å²) in [4.78, 5) is 10.6. The quantitative estimate of drug-likeness (QED) is 0.620. The van der Waals surface area contributed by atoms with Crippen LogP contribution in [0, 0.1) is 10.1 Å². The van der Waals surface area contributed by atoms with E-state index in [-0.39, 0.29) is 11.4 Å². The summed E-state index contributed by atoms with van der Waals surface area (Å²) >= 11 is 0. The van der Waals surface area contributed by atoms with Crippen molar-refractivity contribution in [3.63, 3.8) is 0 Å². The minimum atomic E-state index is -0.518. The molecular weight excluding hydrogens is 250 g/mol. The number of hydrogen-bond acceptors (Lipinski definition) is 5. The molecule has 1 aromatic carbocycles. The van der Waals surface area contributed by atoms with Gasteiger partial charge in [-0.25, -0.2) is 0 Å². The zero-order chi connectivity index (χ0) is 14.2. The summed E-state index contributed by atoms with van der Waals surface area (Å²) in [5.41, 5.74) is -0.0472. The third-order valence-corrected chi connectivity index (χ3v) is 2.85. The molecule has 1 aromatic rings. The number of methoxy groups -OCH3 is 2. The maximum Gasteiger partial charge on any atom is 0.318 e. The van der Waals surface area contributed by atoms with Crippen LogP contribution in [-0.4, -0.2) is 24.7 Å². The van der Waals surface area contributed by atoms with E-state index < -0.39 is 10.5 Å². The van der Waals surface area contributed by atoms with Crippen molar-refractivity contribution in [2.24, 2.45) is 0 Å². The highest BCUT2D eigenvalue weighted by atomic mass is 16.6. The fourth-order valence-corrected chi connectivity index (χ4v) is 2.00. The fourth-order valence-electron chi connectivity index (χ4n) is 2.00. The normalized spacial score (nSPS) is 15.4. The molecule has 0 radical (unpaired) electrons. The first-order valence-electron chi connectivity index (χ1n) is 5.71. The molecule has 19 heavy (non-hydrogen) atoms. The van der Waals surface area contributed by atoms with Gasteiger partial charge in [-0.05, 0) is 26.0 Å². The Bertz CT molecular complexity index is 563. The Morgan fingerprint density at radius 2 is 1.89 bits per heavy atom. The third-order valence-electron chi connectivity index (χ3n) is 2.85. The van der Waals surface area contributed by atoms with Crippen LogP contribution in [0.1, 0.15) is 19.4 Å². The number of benzene rings is 1. The first kappa shape index (κ1) is 13.2. The Labute approximate surface area is 110 Å². The van der Waals surface area contributed by atoms with Gasteiger partial charge in [0.25, 0.3) is 0 Å². The summed E-state index contributed by atoms with van der Waals surface area (Å²) in [6, 6.07) is 1.36. The molecule has 0 unspecified atom stereocenters. The molecule has 1 aliphatic rings. The summed E-state index contributed by atoms with van der Waals surface area (Å²) in [5, 5.41) is 11.1. The van der Waals surface area contributed by atoms with Crippen LogP contribution in [0.2, 0.25) is 0 Å². The highest BCUT2D eigenvalue weighted by molar-refractivity contribution is 5.75. The SMILES string of the molecule is COc1c([N+](=O)[O-])cc2c(c1OC)C=CC(C)(C)O2. The van der Waals surface area contributed by atoms with Gasteiger partial charge < -0.3 is 14.2 Å². The Morgan fingerprint density at radius 1 is 1.26 bits per heavy atom. The van der Waals surface area contributed by atoms with Crippen molar-refractivity contribution in [2.45, 2.75) is 19.4 Å². The van der Waals surface area contributed by atoms with Crippen molar-refractivity contribution in [3.8, 4) is 17.2 Å². The summed E-state index contributed by atoms with van der Waals surface area (Å²) in [6.07, 6.45) is 3.69. The van der Waals surface area contributed by atoms with E-state index in [1.807, 2.05) is 26.0 Å². The highest BCUT2D eigenvalue weighted by Crippen LogP contribution is 2.47. The van der Waals surface area contributed by atoms with Gasteiger partial charge >= 0.3 is 5.69 Å². The molecule has 0 aromatic heterocycles. The summed E-state index contributed by atoms with van der Waals surface area (Å²) in [7, 11) is 2.81. The van der Waals surface area contributed by atoms with Crippen LogP contribution in [0.25, 0.3) is 6.08 Å². The topological polar surface area (TPSA) is 70.8 Å². The molecule has 0 bridgehead atoms. The van der Waals surface area contributed by atoms with Gasteiger partial charge in [0, 0.05) is 0 Å². The smallest absolute Gasteiger partial charge is 0.318 e. The maximum atomic E-state index is 11.1. The molecule has 0 N–H and O–H groups in total. The fraction of sp³-hybridized carbons (Fsp3) is 0.385. The number of nitro benzene ring substituents is 1. The molecule has 0 atom stereocenters. The van der Waals surface area contributed by atoms with Gasteiger partial charge in [-0.1, -0.05) is 0 Å². The Kier molecular flexibility index (Phi) is 3.09. The van der Waals surface area contributed by atoms with Crippen LogP contribution in [0.4, 0.5) is 5.69 Å². The van der Waals surface area contributed by atoms with E-state index >= 15 is 0 Å². The average Bonchev–Trinajstić information content (AvgIpc) is 2.34. The third kappa shape index (κ3) is 2.21. The molecular formula is C13H15NO5. The van der Waals surface area contributed by atoms with Crippen LogP contribution >= 0.6 is 0 Å². The second-order valence-corrected chi connectivity index (χ2v) is 4.67. The van der Waals surface area contributed by atoms with E-state index in [0.717, 1.165) is 0 Å². The number of rotatable bonds is 3. The molecule has 102 valence electrons. The molecule has 0 saturated heterocycles. The minimum Gasteiger partial charge on any atom is -0.492 e. The Hall–Kier alpha value is -2.24. The molecule has 2 rings (SSSR count). The number of hydrogen-bond donors (Lipinski definition) is 0. The van der Waals surface area contributed by atoms with Crippen LogP contribution < -0.4 is 14.2 Å². The second-order valence-electron chi connectivity index (χ2n) is 4.67. The van der Waals surface area contributed by atoms with E-state index in [1.165, 1.54) is 20.3 Å². The van der Waals surface area contributed by atoms with Crippen LogP contribution in [-0.2, 0) is 0 Å². The first-order chi connectivity index (χ1) is 8.89. The number of ether oxygens (including phenoxy) is 3. The van der Waals surface area contributed by atoms with Crippen molar-refractivity contribution in [1.82, 2.24) is 0 Å². The lowest BCUT2D eigenvalue weighted by atomic mass is 10.0. The van der Waals surface area contributed by atoms with E-state index in [9.17, 15) is 10.1 Å². The van der Waals surface area contributed by atoms with Gasteiger partial charge in [0.2, 0.25) is 5.75 Å². The molecule has 0 fully saturated rings. The zero-order valence-corrected chi connectivity index (χ0v) is 11.2. The highest BCUT2D eigenvalue weighted by Gasteiger charge is 2.31. The molecule has 6 nitrogen and oxygen atoms in total. The Balaban J connectivity index is 2.71. The predicted octanol–water partition coefficient (Wildman–Crippen LogP) is 2.80. The van der Waals surface area contributed by atoms with Crippen LogP contribution in [0.5, 0.6) is 17.2 Å². The number of fused-ring (bicyclic) bond motifs is 1. The van der Waals surface area contributed by atoms with Gasteiger partial charge in [0.1, 0.15) is 11.4 Å². The maximum absolute atomic E-state index is 11.1. The van der Waals surface area contributed by atoms with Crippen LogP contribution in [0.15, 0.2) is 12.1 Å². The largest absolute Gasteiger partial charge is 0.492 e. The number of nitrogens with zero attached hydrogens (tertiary/aromatic N) is 1. The van der Waals surface area contributed by atoms with Crippen LogP contribution in [0.3, 0.4) is 0 Å². The molecule has 0 amide bonds. The molecule has 1 heterocycles. The van der Waals surface area contributed by atoms with E-state index in [0.29, 0.717) is 17.1 Å². The van der Waals surface area contributed by atoms with E-state index in [1.54, 1.807) is 0 Å². The van der Waals surface area contributed by atoms with Crippen molar-refractivity contribution in [3.05, 3.63) is 27.8 Å². The zero-order valence-electron chi connectivity index (χ0n) is 11.2. The van der Waals surface area contributed by atoms with Gasteiger partial charge in [-0.2, -0.15) is 0 Å². The van der Waals surface area contributed by atoms with Crippen molar-refractivity contribution < 1.29 is 19.1 Å². The molecule has 0 aliphatic carbocycles. The summed E-state index contributed by atoms with van der Waals surface area (Å²) in [6.45, 7) is 3.74. The van der Waals surface area contributed by atoms with Crippen molar-refractivity contribution >= 4 is 11.8 Å². The lowest BCUT2D eigenvalue weighted by Gasteiger charge is -2.28. The Morgan fingerprint density at radius 3 is 2.42 bits per heavy atom. The van der Waals surface area contributed by atoms with Gasteiger partial charge in [0.15, 0.2) is 5.75 Å². The standard InChI is InChI=1S/C13H15NO5/c1-13(2)6-5-8-10(19-13)7-9(14(15)16)12(18-4)11(8)17-3/h5-7H,1-4H3. The van der Waals surface area contributed by atoms with Gasteiger partial charge in [0.05, 0.1) is 30.8 Å². The summed E-state index contributed by atoms with van der Waals surface area (Å²) < 4.78 is 16.0. The first-order valence-corrected chi connectivity index (χ1v) is 5.71. The minimum absolute atomic E-state index is 0.0965. The molecule has 1 aliphatic heterocycles. The predicted molar refractivity (Wildman–Crippen MR) is 69.9 cm³/mol. The van der Waals surface area contributed by atoms with Gasteiger partial charge in [-0.3, -0.25) is 10.1 Å². The second kappa shape index (κ2) is 4.46. The summed E-state index contributed by atoms with van der Waals surface area (Å²) in [5.74, 6) is 0.814.